The Balaban J connectivity index is 2.68. The molecule has 0 spiro atoms. The second-order valence-corrected chi connectivity index (χ2v) is 21.9. The highest BCUT2D eigenvalue weighted by Gasteiger charge is 2.50. The van der Waals surface area contributed by atoms with Crippen LogP contribution in [0.25, 0.3) is 0 Å². The molecule has 0 amide bonds. The van der Waals surface area contributed by atoms with Crippen LogP contribution in [-0.2, 0) is 4.43 Å². The van der Waals surface area contributed by atoms with E-state index in [1.165, 1.54) is 25.3 Å². The first-order chi connectivity index (χ1) is 6.72. The third-order valence-corrected chi connectivity index (χ3v) is 21.2. The van der Waals surface area contributed by atoms with E-state index in [2.05, 4.69) is 45.7 Å². The highest BCUT2D eigenvalue weighted by molar-refractivity contribution is 7.80. The van der Waals surface area contributed by atoms with Gasteiger partial charge in [-0.3, -0.25) is 0 Å². The van der Waals surface area contributed by atoms with E-state index in [0.717, 1.165) is 5.75 Å². The Labute approximate surface area is 102 Å². The Kier molecular flexibility index (Phi) is 4.19. The van der Waals surface area contributed by atoms with Crippen molar-refractivity contribution in [3.05, 3.63) is 0 Å². The van der Waals surface area contributed by atoms with Crippen molar-refractivity contribution in [2.24, 2.45) is 0 Å². The maximum atomic E-state index is 6.55. The van der Waals surface area contributed by atoms with Crippen LogP contribution in [0.5, 0.6) is 0 Å². The summed E-state index contributed by atoms with van der Waals surface area (Å²) in [5.41, 5.74) is 0.168. The predicted octanol–water partition coefficient (Wildman–Crippen LogP) is 3.87. The van der Waals surface area contributed by atoms with Crippen molar-refractivity contribution in [2.45, 2.75) is 64.0 Å². The van der Waals surface area contributed by atoms with Crippen molar-refractivity contribution in [1.29, 1.82) is 0 Å². The molecule has 1 fully saturated rings. The molecule has 15 heavy (non-hydrogen) atoms. The van der Waals surface area contributed by atoms with E-state index < -0.39 is 15.4 Å². The number of hydrogen-bond donors (Lipinski definition) is 1. The summed E-state index contributed by atoms with van der Waals surface area (Å²) < 4.78 is 6.55. The summed E-state index contributed by atoms with van der Waals surface area (Å²) in [7, 11) is -2.44. The van der Waals surface area contributed by atoms with Crippen LogP contribution in [0.3, 0.4) is 0 Å². The van der Waals surface area contributed by atoms with Gasteiger partial charge in [-0.05, 0) is 45.0 Å². The van der Waals surface area contributed by atoms with Crippen molar-refractivity contribution >= 4 is 28.1 Å². The molecule has 0 aromatic heterocycles. The van der Waals surface area contributed by atoms with Crippen LogP contribution in [0.1, 0.15) is 26.2 Å². The largest absolute Gasteiger partial charge is 0.415 e. The van der Waals surface area contributed by atoms with E-state index in [4.69, 9.17) is 4.43 Å². The fourth-order valence-electron chi connectivity index (χ4n) is 2.31. The third kappa shape index (κ3) is 3.11. The van der Waals surface area contributed by atoms with Crippen LogP contribution < -0.4 is 0 Å². The first-order valence-electron chi connectivity index (χ1n) is 6.04. The Morgan fingerprint density at radius 3 is 2.33 bits per heavy atom. The monoisotopic (exact) mass is 262 g/mol. The maximum Gasteiger partial charge on any atom is 0.174 e. The van der Waals surface area contributed by atoms with Gasteiger partial charge in [0.05, 0.1) is 13.2 Å². The molecule has 0 saturated carbocycles. The van der Waals surface area contributed by atoms with Gasteiger partial charge in [0.25, 0.3) is 0 Å². The van der Waals surface area contributed by atoms with Crippen molar-refractivity contribution in [1.82, 2.24) is 0 Å². The minimum atomic E-state index is -1.39. The Morgan fingerprint density at radius 2 is 1.87 bits per heavy atom. The molecule has 1 aliphatic heterocycles. The summed E-state index contributed by atoms with van der Waals surface area (Å²) in [5.74, 6) is 0.988. The van der Waals surface area contributed by atoms with Gasteiger partial charge in [-0.2, -0.15) is 12.6 Å². The van der Waals surface area contributed by atoms with Crippen LogP contribution in [0, 0.1) is 0 Å². The molecule has 1 saturated heterocycles. The standard InChI is InChI=1S/C11H26OSSi2/c1-11(7-6-9-13)8-10-14(2,3)15(4,5)12-11/h13H,6-10H2,1-5H3. The van der Waals surface area contributed by atoms with E-state index in [-0.39, 0.29) is 5.60 Å². The van der Waals surface area contributed by atoms with Crippen molar-refractivity contribution in [2.75, 3.05) is 5.75 Å². The zero-order valence-electron chi connectivity index (χ0n) is 10.9. The summed E-state index contributed by atoms with van der Waals surface area (Å²) in [4.78, 5) is 0. The predicted molar refractivity (Wildman–Crippen MR) is 77.0 cm³/mol. The number of rotatable bonds is 3. The molecule has 1 atom stereocenters. The lowest BCUT2D eigenvalue weighted by atomic mass is 9.98. The highest BCUT2D eigenvalue weighted by atomic mass is 32.1. The maximum absolute atomic E-state index is 6.55. The summed E-state index contributed by atoms with van der Waals surface area (Å²) in [6.45, 7) is 12.2. The van der Waals surface area contributed by atoms with Crippen molar-refractivity contribution < 1.29 is 4.43 Å². The molecule has 0 radical (unpaired) electrons. The average molecular weight is 263 g/mol. The summed E-state index contributed by atoms with van der Waals surface area (Å²) in [5, 5.41) is 0. The average Bonchev–Trinajstić information content (AvgIpc) is 2.09. The normalized spacial score (nSPS) is 34.0. The van der Waals surface area contributed by atoms with Gasteiger partial charge in [-0.1, -0.05) is 19.1 Å². The van der Waals surface area contributed by atoms with Gasteiger partial charge in [0.1, 0.15) is 0 Å². The highest BCUT2D eigenvalue weighted by Crippen LogP contribution is 2.40. The molecule has 4 heteroatoms. The van der Waals surface area contributed by atoms with Crippen LogP contribution in [-0.4, -0.2) is 26.8 Å². The molecule has 0 aromatic rings. The molecule has 1 heterocycles. The third-order valence-electron chi connectivity index (χ3n) is 4.27. The van der Waals surface area contributed by atoms with E-state index >= 15 is 0 Å². The quantitative estimate of drug-likeness (QED) is 0.600. The van der Waals surface area contributed by atoms with E-state index in [0.29, 0.717) is 0 Å². The lowest BCUT2D eigenvalue weighted by Crippen LogP contribution is -2.64. The second-order valence-electron chi connectivity index (χ2n) is 6.27. The van der Waals surface area contributed by atoms with Crippen LogP contribution in [0.2, 0.25) is 32.2 Å². The van der Waals surface area contributed by atoms with Crippen LogP contribution in [0.15, 0.2) is 0 Å². The fourth-order valence-corrected chi connectivity index (χ4v) is 9.69. The van der Waals surface area contributed by atoms with Gasteiger partial charge in [0.15, 0.2) is 7.83 Å². The van der Waals surface area contributed by atoms with Gasteiger partial charge < -0.3 is 4.43 Å². The SMILES string of the molecule is CC1(CCCS)CC[Si](C)(C)[Si](C)(C)O1. The smallest absolute Gasteiger partial charge is 0.174 e. The molecule has 0 aliphatic carbocycles. The number of thiol groups is 1. The Morgan fingerprint density at radius 1 is 1.27 bits per heavy atom. The molecule has 1 unspecified atom stereocenters. The lowest BCUT2D eigenvalue weighted by molar-refractivity contribution is 0.0631. The zero-order valence-corrected chi connectivity index (χ0v) is 13.8. The minimum Gasteiger partial charge on any atom is -0.415 e. The molecule has 1 nitrogen and oxygen atoms in total. The van der Waals surface area contributed by atoms with Gasteiger partial charge in [-0.25, -0.2) is 0 Å². The molecular weight excluding hydrogens is 236 g/mol. The molecule has 0 bridgehead atoms. The molecule has 1 rings (SSSR count). The van der Waals surface area contributed by atoms with Crippen LogP contribution >= 0.6 is 12.6 Å². The summed E-state index contributed by atoms with van der Waals surface area (Å²) in [6.07, 6.45) is 3.65. The molecular formula is C11H26OSSi2. The molecule has 90 valence electrons. The van der Waals surface area contributed by atoms with E-state index in [1.54, 1.807) is 0 Å². The zero-order chi connectivity index (χ0) is 11.7. The molecule has 0 aromatic carbocycles. The van der Waals surface area contributed by atoms with Gasteiger partial charge in [-0.15, -0.1) is 0 Å². The van der Waals surface area contributed by atoms with E-state index in [9.17, 15) is 0 Å². The summed E-state index contributed by atoms with van der Waals surface area (Å²) >= 11 is 4.30. The van der Waals surface area contributed by atoms with Crippen LogP contribution in [0.4, 0.5) is 0 Å². The van der Waals surface area contributed by atoms with Crippen molar-refractivity contribution in [3.63, 3.8) is 0 Å². The second kappa shape index (κ2) is 4.55. The Bertz CT molecular complexity index is 231. The van der Waals surface area contributed by atoms with Gasteiger partial charge >= 0.3 is 0 Å². The van der Waals surface area contributed by atoms with Gasteiger partial charge in [0, 0.05) is 0 Å². The molecule has 0 N–H and O–H groups in total. The van der Waals surface area contributed by atoms with Gasteiger partial charge in [0.2, 0.25) is 0 Å². The topological polar surface area (TPSA) is 9.23 Å². The number of hydrogen-bond acceptors (Lipinski definition) is 2. The van der Waals surface area contributed by atoms with E-state index in [1.807, 2.05) is 0 Å². The van der Waals surface area contributed by atoms with Crippen molar-refractivity contribution in [3.8, 4) is 0 Å². The first-order valence-corrected chi connectivity index (χ1v) is 13.8. The minimum absolute atomic E-state index is 0.168. The Hall–Kier alpha value is 0.744. The molecule has 1 aliphatic rings. The lowest BCUT2D eigenvalue weighted by Gasteiger charge is -2.51. The first kappa shape index (κ1) is 13.8. The summed E-state index contributed by atoms with van der Waals surface area (Å²) in [6, 6.07) is 1.45. The fraction of sp³-hybridized carbons (Fsp3) is 1.00.